The lowest BCUT2D eigenvalue weighted by Crippen LogP contribution is -2.12. The highest BCUT2D eigenvalue weighted by atomic mass is 79.9. The summed E-state index contributed by atoms with van der Waals surface area (Å²) >= 11 is 5.27. The van der Waals surface area contributed by atoms with Crippen molar-refractivity contribution in [1.29, 1.82) is 0 Å². The van der Waals surface area contributed by atoms with Gasteiger partial charge >= 0.3 is 0 Å². The summed E-state index contributed by atoms with van der Waals surface area (Å²) in [5, 5.41) is 15.2. The number of phenols is 1. The van der Waals surface area contributed by atoms with Gasteiger partial charge in [0.15, 0.2) is 0 Å². The fraction of sp³-hybridized carbons (Fsp3) is 0.286. The Morgan fingerprint density at radius 2 is 1.89 bits per heavy atom. The number of aryl methyl sites for hydroxylation is 2. The molecule has 1 heterocycles. The van der Waals surface area contributed by atoms with Gasteiger partial charge in [0.1, 0.15) is 5.75 Å². The van der Waals surface area contributed by atoms with Gasteiger partial charge in [-0.05, 0) is 57.9 Å². The maximum absolute atomic E-state index is 9.72. The van der Waals surface area contributed by atoms with Crippen molar-refractivity contribution < 1.29 is 5.11 Å². The van der Waals surface area contributed by atoms with E-state index in [9.17, 15) is 5.11 Å². The third kappa shape index (κ3) is 3.13. The third-order valence-electron chi connectivity index (χ3n) is 2.86. The van der Waals surface area contributed by atoms with Crippen LogP contribution < -0.4 is 5.32 Å². The number of hydrogen-bond acceptors (Lipinski definition) is 3. The summed E-state index contributed by atoms with van der Waals surface area (Å²) in [5.74, 6) is 0.403. The fourth-order valence-corrected chi connectivity index (χ4v) is 3.38. The molecule has 1 aromatic carbocycles. The number of phenolic OH excluding ortho intramolecular Hbond substituents is 1. The molecule has 2 N–H and O–H groups in total. The first kappa shape index (κ1) is 13.6. The van der Waals surface area contributed by atoms with Gasteiger partial charge < -0.3 is 10.4 Å². The van der Waals surface area contributed by atoms with Gasteiger partial charge in [0.05, 0.1) is 0 Å². The van der Waals surface area contributed by atoms with Crippen molar-refractivity contribution in [2.75, 3.05) is 0 Å². The Morgan fingerprint density at radius 3 is 2.44 bits per heavy atom. The first-order chi connectivity index (χ1) is 8.58. The monoisotopic (exact) mass is 325 g/mol. The SMILES string of the molecule is Cc1cc(CNCc2sccc2Br)cc(C)c1O. The Morgan fingerprint density at radius 1 is 1.22 bits per heavy atom. The molecule has 2 aromatic rings. The highest BCUT2D eigenvalue weighted by Gasteiger charge is 2.04. The predicted molar refractivity (Wildman–Crippen MR) is 80.1 cm³/mol. The van der Waals surface area contributed by atoms with E-state index in [4.69, 9.17) is 0 Å². The van der Waals surface area contributed by atoms with Gasteiger partial charge in [0.25, 0.3) is 0 Å². The largest absolute Gasteiger partial charge is 0.507 e. The molecule has 18 heavy (non-hydrogen) atoms. The molecule has 0 aliphatic carbocycles. The van der Waals surface area contributed by atoms with E-state index in [0.29, 0.717) is 5.75 Å². The number of benzene rings is 1. The molecule has 0 fully saturated rings. The lowest BCUT2D eigenvalue weighted by Gasteiger charge is -2.09. The molecule has 0 atom stereocenters. The van der Waals surface area contributed by atoms with Crippen molar-refractivity contribution in [3.63, 3.8) is 0 Å². The van der Waals surface area contributed by atoms with E-state index in [0.717, 1.165) is 28.7 Å². The maximum Gasteiger partial charge on any atom is 0.121 e. The van der Waals surface area contributed by atoms with Crippen LogP contribution in [0.5, 0.6) is 5.75 Å². The topological polar surface area (TPSA) is 32.3 Å². The molecule has 0 saturated heterocycles. The number of nitrogens with one attached hydrogen (secondary N) is 1. The van der Waals surface area contributed by atoms with E-state index in [2.05, 4.69) is 32.7 Å². The van der Waals surface area contributed by atoms with Crippen molar-refractivity contribution in [2.24, 2.45) is 0 Å². The van der Waals surface area contributed by atoms with Crippen molar-refractivity contribution in [2.45, 2.75) is 26.9 Å². The molecule has 1 aromatic heterocycles. The summed E-state index contributed by atoms with van der Waals surface area (Å²) in [4.78, 5) is 1.31. The van der Waals surface area contributed by atoms with Gasteiger partial charge in [-0.2, -0.15) is 0 Å². The Labute approximate surface area is 120 Å². The summed E-state index contributed by atoms with van der Waals surface area (Å²) in [7, 11) is 0. The van der Waals surface area contributed by atoms with Crippen LogP contribution in [0.3, 0.4) is 0 Å². The highest BCUT2D eigenvalue weighted by Crippen LogP contribution is 2.24. The van der Waals surface area contributed by atoms with Crippen LogP contribution in [0.4, 0.5) is 0 Å². The Bertz CT molecular complexity index is 527. The number of halogens is 1. The predicted octanol–water partition coefficient (Wildman–Crippen LogP) is 4.12. The minimum absolute atomic E-state index is 0.403. The van der Waals surface area contributed by atoms with Crippen LogP contribution in [-0.4, -0.2) is 5.11 Å². The Kier molecular flexibility index (Phi) is 4.43. The zero-order chi connectivity index (χ0) is 13.1. The van der Waals surface area contributed by atoms with Crippen molar-refractivity contribution in [3.05, 3.63) is 49.6 Å². The summed E-state index contributed by atoms with van der Waals surface area (Å²) in [6.45, 7) is 5.53. The number of hydrogen-bond donors (Lipinski definition) is 2. The van der Waals surface area contributed by atoms with E-state index in [1.807, 2.05) is 26.0 Å². The van der Waals surface area contributed by atoms with Crippen LogP contribution in [0.15, 0.2) is 28.1 Å². The first-order valence-corrected chi connectivity index (χ1v) is 7.47. The molecule has 0 bridgehead atoms. The minimum atomic E-state index is 0.403. The minimum Gasteiger partial charge on any atom is -0.507 e. The molecule has 0 aliphatic rings. The van der Waals surface area contributed by atoms with Crippen molar-refractivity contribution in [3.8, 4) is 5.75 Å². The molecule has 4 heteroatoms. The molecule has 0 unspecified atom stereocenters. The van der Waals surface area contributed by atoms with E-state index in [-0.39, 0.29) is 0 Å². The first-order valence-electron chi connectivity index (χ1n) is 5.79. The van der Waals surface area contributed by atoms with Crippen LogP contribution in [0, 0.1) is 13.8 Å². The molecule has 96 valence electrons. The molecule has 2 nitrogen and oxygen atoms in total. The maximum atomic E-state index is 9.72. The fourth-order valence-electron chi connectivity index (χ4n) is 1.92. The lowest BCUT2D eigenvalue weighted by molar-refractivity contribution is 0.466. The van der Waals surface area contributed by atoms with Gasteiger partial charge in [-0.1, -0.05) is 12.1 Å². The quantitative estimate of drug-likeness (QED) is 0.886. The molecule has 0 spiro atoms. The lowest BCUT2D eigenvalue weighted by atomic mass is 10.1. The molecule has 0 saturated carbocycles. The van der Waals surface area contributed by atoms with Gasteiger partial charge in [-0.3, -0.25) is 0 Å². The zero-order valence-corrected chi connectivity index (χ0v) is 12.9. The number of thiophene rings is 1. The normalized spacial score (nSPS) is 10.8. The van der Waals surface area contributed by atoms with Gasteiger partial charge in [-0.25, -0.2) is 0 Å². The van der Waals surface area contributed by atoms with Crippen LogP contribution in [-0.2, 0) is 13.1 Å². The Hall–Kier alpha value is -0.840. The van der Waals surface area contributed by atoms with Crippen LogP contribution in [0.2, 0.25) is 0 Å². The van der Waals surface area contributed by atoms with E-state index >= 15 is 0 Å². The second kappa shape index (κ2) is 5.87. The molecule has 0 amide bonds. The standard InChI is InChI=1S/C14H16BrNOS/c1-9-5-11(6-10(2)14(9)17)7-16-8-13-12(15)3-4-18-13/h3-6,16-17H,7-8H2,1-2H3. The molecule has 0 aliphatic heterocycles. The second-order valence-electron chi connectivity index (χ2n) is 4.37. The summed E-state index contributed by atoms with van der Waals surface area (Å²) in [6, 6.07) is 6.12. The summed E-state index contributed by atoms with van der Waals surface area (Å²) in [6.07, 6.45) is 0. The number of rotatable bonds is 4. The van der Waals surface area contributed by atoms with Crippen molar-refractivity contribution in [1.82, 2.24) is 5.32 Å². The molecule has 0 radical (unpaired) electrons. The summed E-state index contributed by atoms with van der Waals surface area (Å²) < 4.78 is 1.16. The second-order valence-corrected chi connectivity index (χ2v) is 6.23. The van der Waals surface area contributed by atoms with Gasteiger partial charge in [0.2, 0.25) is 0 Å². The Balaban J connectivity index is 1.97. The van der Waals surface area contributed by atoms with Crippen molar-refractivity contribution >= 4 is 27.3 Å². The number of aromatic hydroxyl groups is 1. The average Bonchev–Trinajstić information content (AvgIpc) is 2.72. The van der Waals surface area contributed by atoms with E-state index < -0.39 is 0 Å². The van der Waals surface area contributed by atoms with E-state index in [1.54, 1.807) is 11.3 Å². The van der Waals surface area contributed by atoms with Gasteiger partial charge in [-0.15, -0.1) is 11.3 Å². The molecule has 2 rings (SSSR count). The van der Waals surface area contributed by atoms with Gasteiger partial charge in [0, 0.05) is 22.4 Å². The smallest absolute Gasteiger partial charge is 0.121 e. The molecular formula is C14H16BrNOS. The van der Waals surface area contributed by atoms with E-state index in [1.165, 1.54) is 10.4 Å². The zero-order valence-electron chi connectivity index (χ0n) is 10.5. The van der Waals surface area contributed by atoms with Crippen LogP contribution in [0.25, 0.3) is 0 Å². The van der Waals surface area contributed by atoms with Crippen LogP contribution >= 0.6 is 27.3 Å². The van der Waals surface area contributed by atoms with Crippen LogP contribution in [0.1, 0.15) is 21.6 Å². The molecular weight excluding hydrogens is 310 g/mol. The third-order valence-corrected chi connectivity index (χ3v) is 4.78. The summed E-state index contributed by atoms with van der Waals surface area (Å²) in [5.41, 5.74) is 3.07. The highest BCUT2D eigenvalue weighted by molar-refractivity contribution is 9.10. The average molecular weight is 326 g/mol.